The van der Waals surface area contributed by atoms with Crippen molar-refractivity contribution in [3.8, 4) is 0 Å². The molecule has 0 N–H and O–H groups in total. The van der Waals surface area contributed by atoms with Crippen molar-refractivity contribution >= 4 is 53.7 Å². The maximum atomic E-state index is 12.4. The Morgan fingerprint density at radius 2 is 0.458 bits per heavy atom. The van der Waals surface area contributed by atoms with Crippen LogP contribution in [0.5, 0.6) is 0 Å². The van der Waals surface area contributed by atoms with Gasteiger partial charge in [-0.25, -0.2) is 0 Å². The number of esters is 9. The summed E-state index contributed by atoms with van der Waals surface area (Å²) in [5, 5.41) is 0. The Morgan fingerprint density at radius 1 is 0.201 bits per heavy atom. The Kier molecular flexibility index (Phi) is 73.6. The molecule has 5 atom stereocenters. The van der Waals surface area contributed by atoms with E-state index in [9.17, 15) is 43.2 Å². The average Bonchev–Trinajstić information content (AvgIpc) is 0.773. The second-order valence-electron chi connectivity index (χ2n) is 52.3. The lowest BCUT2D eigenvalue weighted by Crippen LogP contribution is -2.52. The summed E-state index contributed by atoms with van der Waals surface area (Å²) in [5.41, 5.74) is -6.36. The summed E-state index contributed by atoms with van der Waals surface area (Å²) in [5.74, 6) is 1.54. The quantitative estimate of drug-likeness (QED) is 0.0406. The molecular weight excluding hydrogens is 1800 g/mol. The van der Waals surface area contributed by atoms with Crippen LogP contribution >= 0.6 is 0 Å². The van der Waals surface area contributed by atoms with Crippen LogP contribution in [0.15, 0.2) is 0 Å². The molecule has 864 valence electrons. The smallest absolute Gasteiger partial charge is 0.312 e. The number of unbranched alkanes of at least 4 members (excludes halogenated alkanes) is 1. The Bertz CT molecular complexity index is 3450. The second kappa shape index (κ2) is 67.6. The van der Waals surface area contributed by atoms with E-state index in [4.69, 9.17) is 42.6 Å². The highest BCUT2D eigenvalue weighted by atomic mass is 16.6. The van der Waals surface area contributed by atoms with Crippen LogP contribution in [0, 0.1) is 95.1 Å². The number of rotatable bonds is 51. The summed E-state index contributed by atoms with van der Waals surface area (Å²) >= 11 is 0. The van der Waals surface area contributed by atoms with Gasteiger partial charge in [0.1, 0.15) is 50.4 Å². The first kappa shape index (κ1) is 157. The van der Waals surface area contributed by atoms with Gasteiger partial charge >= 0.3 is 53.7 Å². The molecule has 144 heavy (non-hydrogen) atoms. The summed E-state index contributed by atoms with van der Waals surface area (Å²) in [6.07, 6.45) is 24.4. The Balaban J connectivity index is -0.000000204. The molecular formula is C126H252O18. The van der Waals surface area contributed by atoms with Crippen molar-refractivity contribution in [3.63, 3.8) is 0 Å². The summed E-state index contributed by atoms with van der Waals surface area (Å²) < 4.78 is 52.0. The van der Waals surface area contributed by atoms with Gasteiger partial charge in [-0.2, -0.15) is 0 Å². The number of ether oxygens (including phenoxy) is 9. The lowest BCUT2D eigenvalue weighted by molar-refractivity contribution is -0.194. The standard InChI is InChI=1S/C16H32O2.3C15H30O2.2C14H28O2.C13H26O2.2C12H24O2/c1-10-15(8,9)13(17)18-16(11-2,12(3)4)14(5,6)7;1-8-11-15(10-3,12(4)5)17-13(16)14(6,7)9-2;1-8-12(5)15(10-3,11-4)17-13(16)14(6,7)9-2;1-7-11-12-15(9-3,10-4)17-13(16)14(5,6)8-2;1-8-11(4)14(7,10-3)16-12(15)13(5,6)9-2;1-8-13(6,7)12(15)16-14(9-2,10-3)11(4)5;1-9-12(5,6)10(14)15-13(7,8)11(2,3)4;1-8-11(4,5)10(13)14-12(6,7)9(2)3;1-7-11(4,5)10(13)14-12(6,8-2)9-3/h12H,10-11H2,1-9H3;2*12H,8-11H2,1-7H3;7-12H2,1-6H3;2*11H,8-10H2,1-7H3;9H2,1-8H3;9H,8H2,1-7H3;7-9H2,1-6H3. The highest BCUT2D eigenvalue weighted by Crippen LogP contribution is 2.46. The van der Waals surface area contributed by atoms with Crippen molar-refractivity contribution < 1.29 is 85.8 Å². The van der Waals surface area contributed by atoms with Crippen molar-refractivity contribution in [3.05, 3.63) is 0 Å². The average molecular weight is 2060 g/mol. The van der Waals surface area contributed by atoms with Gasteiger partial charge in [0.05, 0.1) is 48.7 Å². The van der Waals surface area contributed by atoms with Gasteiger partial charge in [-0.3, -0.25) is 43.2 Å². The van der Waals surface area contributed by atoms with Gasteiger partial charge in [0, 0.05) is 10.8 Å². The third kappa shape index (κ3) is 52.0. The van der Waals surface area contributed by atoms with Crippen LogP contribution in [0.3, 0.4) is 0 Å². The topological polar surface area (TPSA) is 237 Å². The van der Waals surface area contributed by atoms with E-state index in [-0.39, 0.29) is 147 Å². The maximum absolute atomic E-state index is 12.4. The fourth-order valence-electron chi connectivity index (χ4n) is 13.9. The SMILES string of the molecule is CCC(C)(C)C(=O)OC(C)(C)C(C)(C)C.CCC(C)(C)C(=O)OC(C)(C)C(C)C.CCC(C)(C)C(=O)OC(CC)(C(C)C)C(C)(C)C.CCC(C)(C)C(=O)OC(CC)(CC)C(C)C.CCC(C)(CC)OC(=O)C(C)(C)CC.CCC(C)C(C)(CC)OC(=O)C(C)(C)CC.CCC(C)C(CC)(CC)OC(=O)C(C)(C)CC.CCCC(CC)(OC(=O)C(C)(C)CC)C(C)C.CCCCC(CC)(CC)OC(=O)C(C)(C)CC. The first-order chi connectivity index (χ1) is 64.7. The van der Waals surface area contributed by atoms with E-state index in [2.05, 4.69) is 215 Å². The van der Waals surface area contributed by atoms with Gasteiger partial charge < -0.3 is 42.6 Å². The molecule has 0 rings (SSSR count). The van der Waals surface area contributed by atoms with E-state index < -0.39 is 16.6 Å². The predicted molar refractivity (Wildman–Crippen MR) is 615 cm³/mol. The van der Waals surface area contributed by atoms with E-state index in [1.54, 1.807) is 0 Å². The molecule has 5 unspecified atom stereocenters. The minimum atomic E-state index is -0.434. The van der Waals surface area contributed by atoms with E-state index in [1.165, 1.54) is 0 Å². The lowest BCUT2D eigenvalue weighted by Gasteiger charge is -2.48. The number of carbonyl (C=O) groups excluding carboxylic acids is 9. The molecule has 0 radical (unpaired) electrons. The maximum Gasteiger partial charge on any atom is 0.312 e. The molecule has 0 aliphatic rings. The van der Waals surface area contributed by atoms with Crippen LogP contribution in [0.2, 0.25) is 0 Å². The highest BCUT2D eigenvalue weighted by Gasteiger charge is 2.51. The predicted octanol–water partition coefficient (Wildman–Crippen LogP) is 37.8. The summed E-state index contributed by atoms with van der Waals surface area (Å²) in [6.45, 7) is 131. The van der Waals surface area contributed by atoms with Crippen LogP contribution < -0.4 is 0 Å². The molecule has 0 aromatic heterocycles. The monoisotopic (exact) mass is 2050 g/mol. The molecule has 0 aromatic carbocycles. The molecule has 0 aromatic rings. The minimum absolute atomic E-state index is 0.0418. The van der Waals surface area contributed by atoms with E-state index >= 15 is 0 Å². The van der Waals surface area contributed by atoms with Crippen LogP contribution in [0.4, 0.5) is 0 Å². The van der Waals surface area contributed by atoms with Gasteiger partial charge in [-0.05, 0) is 362 Å². The van der Waals surface area contributed by atoms with Crippen molar-refractivity contribution in [1.29, 1.82) is 0 Å². The van der Waals surface area contributed by atoms with Gasteiger partial charge in [0.25, 0.3) is 0 Å². The molecule has 18 heteroatoms. The van der Waals surface area contributed by atoms with E-state index in [1.807, 2.05) is 228 Å². The first-order valence-corrected chi connectivity index (χ1v) is 57.8. The van der Waals surface area contributed by atoms with Gasteiger partial charge in [0.15, 0.2) is 0 Å². The zero-order chi connectivity index (χ0) is 117. The zero-order valence-corrected chi connectivity index (χ0v) is 108. The summed E-state index contributed by atoms with van der Waals surface area (Å²) in [6, 6.07) is 0. The fourth-order valence-corrected chi connectivity index (χ4v) is 13.9. The van der Waals surface area contributed by atoms with E-state index in [0.717, 1.165) is 173 Å². The van der Waals surface area contributed by atoms with Crippen molar-refractivity contribution in [2.24, 2.45) is 95.1 Å². The third-order valence-electron chi connectivity index (χ3n) is 35.1. The molecule has 0 aliphatic heterocycles. The van der Waals surface area contributed by atoms with Crippen LogP contribution in [0.1, 0.15) is 616 Å². The molecule has 0 fully saturated rings. The Hall–Kier alpha value is -4.77. The molecule has 0 spiro atoms. The number of carbonyl (C=O) groups is 9. The zero-order valence-electron chi connectivity index (χ0n) is 108. The molecule has 0 heterocycles. The Morgan fingerprint density at radius 3 is 0.674 bits per heavy atom. The summed E-state index contributed by atoms with van der Waals surface area (Å²) in [4.78, 5) is 109. The molecule has 18 nitrogen and oxygen atoms in total. The second-order valence-corrected chi connectivity index (χ2v) is 52.3. The Labute approximate surface area is 896 Å². The fraction of sp³-hybridized carbons (Fsp3) is 0.929. The normalized spacial score (nSPS) is 14.5. The van der Waals surface area contributed by atoms with Gasteiger partial charge in [-0.1, -0.05) is 290 Å². The minimum Gasteiger partial charge on any atom is -0.459 e. The summed E-state index contributed by atoms with van der Waals surface area (Å²) in [7, 11) is 0. The highest BCUT2D eigenvalue weighted by molar-refractivity contribution is 5.80. The van der Waals surface area contributed by atoms with Gasteiger partial charge in [0.2, 0.25) is 0 Å². The molecule has 0 amide bonds. The molecule has 0 saturated heterocycles. The van der Waals surface area contributed by atoms with E-state index in [0.29, 0.717) is 35.5 Å². The largest absolute Gasteiger partial charge is 0.459 e. The van der Waals surface area contributed by atoms with Crippen molar-refractivity contribution in [2.45, 2.75) is 667 Å². The van der Waals surface area contributed by atoms with Crippen LogP contribution in [-0.4, -0.2) is 104 Å². The molecule has 0 bridgehead atoms. The lowest BCUT2D eigenvalue weighted by atomic mass is 9.68. The number of hydrogen-bond donors (Lipinski definition) is 0. The molecule has 0 saturated carbocycles. The number of hydrogen-bond acceptors (Lipinski definition) is 18. The van der Waals surface area contributed by atoms with Gasteiger partial charge in [-0.15, -0.1) is 0 Å². The molecule has 0 aliphatic carbocycles. The van der Waals surface area contributed by atoms with Crippen LogP contribution in [0.25, 0.3) is 0 Å². The van der Waals surface area contributed by atoms with Crippen molar-refractivity contribution in [2.75, 3.05) is 0 Å². The van der Waals surface area contributed by atoms with Crippen molar-refractivity contribution in [1.82, 2.24) is 0 Å². The third-order valence-corrected chi connectivity index (χ3v) is 35.1. The first-order valence-electron chi connectivity index (χ1n) is 57.8. The van der Waals surface area contributed by atoms with Crippen LogP contribution in [-0.2, 0) is 85.8 Å².